The summed E-state index contributed by atoms with van der Waals surface area (Å²) in [6, 6.07) is 11.0. The highest BCUT2D eigenvalue weighted by Gasteiger charge is 2.35. The average molecular weight is 451 g/mol. The number of carbonyl (C=O) groups excluding carboxylic acids is 1. The molecule has 0 aromatic heterocycles. The third-order valence-electron chi connectivity index (χ3n) is 5.37. The van der Waals surface area contributed by atoms with Crippen LogP contribution in [-0.2, 0) is 21.2 Å². The first-order valence-corrected chi connectivity index (χ1v) is 11.5. The Kier molecular flexibility index (Phi) is 7.50. The molecular weight excluding hydrogens is 423 g/mol. The van der Waals surface area contributed by atoms with E-state index in [4.69, 9.17) is 9.47 Å². The van der Waals surface area contributed by atoms with Gasteiger partial charge in [-0.05, 0) is 55.2 Å². The molecule has 3 rings (SSSR count). The van der Waals surface area contributed by atoms with Crippen molar-refractivity contribution >= 4 is 15.9 Å². The lowest BCUT2D eigenvalue weighted by Crippen LogP contribution is -2.45. The molecule has 31 heavy (non-hydrogen) atoms. The third-order valence-corrected chi connectivity index (χ3v) is 7.26. The van der Waals surface area contributed by atoms with Gasteiger partial charge in [-0.25, -0.2) is 12.8 Å². The molecule has 7 nitrogen and oxygen atoms in total. The molecule has 0 spiro atoms. The Morgan fingerprint density at radius 1 is 1.16 bits per heavy atom. The number of methoxy groups -OCH3 is 2. The molecule has 1 fully saturated rings. The van der Waals surface area contributed by atoms with E-state index in [2.05, 4.69) is 5.32 Å². The number of rotatable bonds is 8. The first-order chi connectivity index (χ1) is 14.8. The monoisotopic (exact) mass is 450 g/mol. The molecule has 1 aliphatic heterocycles. The average Bonchev–Trinajstić information content (AvgIpc) is 2.79. The van der Waals surface area contributed by atoms with Gasteiger partial charge in [0.25, 0.3) is 0 Å². The summed E-state index contributed by atoms with van der Waals surface area (Å²) in [5.74, 6) is -0.457. The predicted octanol–water partition coefficient (Wildman–Crippen LogP) is 2.60. The quantitative estimate of drug-likeness (QED) is 0.668. The minimum absolute atomic E-state index is 0.0520. The molecule has 0 saturated carbocycles. The Hall–Kier alpha value is -2.65. The first kappa shape index (κ1) is 23.0. The second kappa shape index (κ2) is 10.1. The number of halogens is 1. The molecule has 2 aromatic rings. The largest absolute Gasteiger partial charge is 0.497 e. The zero-order chi connectivity index (χ0) is 22.4. The number of sulfonamides is 1. The van der Waals surface area contributed by atoms with E-state index in [-0.39, 0.29) is 29.6 Å². The van der Waals surface area contributed by atoms with Crippen LogP contribution < -0.4 is 14.8 Å². The van der Waals surface area contributed by atoms with E-state index in [9.17, 15) is 17.6 Å². The number of nitrogens with one attached hydrogen (secondary N) is 1. The second-order valence-corrected chi connectivity index (χ2v) is 9.29. The number of benzene rings is 2. The highest BCUT2D eigenvalue weighted by Crippen LogP contribution is 2.30. The minimum Gasteiger partial charge on any atom is -0.497 e. The van der Waals surface area contributed by atoms with Gasteiger partial charge in [-0.3, -0.25) is 4.79 Å². The fourth-order valence-corrected chi connectivity index (χ4v) is 5.32. The van der Waals surface area contributed by atoms with Gasteiger partial charge in [-0.2, -0.15) is 4.31 Å². The van der Waals surface area contributed by atoms with E-state index in [1.165, 1.54) is 17.5 Å². The maximum Gasteiger partial charge on any atom is 0.246 e. The Morgan fingerprint density at radius 3 is 2.58 bits per heavy atom. The lowest BCUT2D eigenvalue weighted by atomic mass is 9.99. The number of piperidine rings is 1. The summed E-state index contributed by atoms with van der Waals surface area (Å²) in [5.41, 5.74) is 1.06. The summed E-state index contributed by atoms with van der Waals surface area (Å²) >= 11 is 0. The van der Waals surface area contributed by atoms with Crippen LogP contribution in [0.4, 0.5) is 4.39 Å². The van der Waals surface area contributed by atoms with E-state index in [1.807, 2.05) is 24.3 Å². The van der Waals surface area contributed by atoms with Crippen LogP contribution >= 0.6 is 0 Å². The van der Waals surface area contributed by atoms with E-state index >= 15 is 0 Å². The molecule has 1 atom stereocenters. The van der Waals surface area contributed by atoms with Crippen LogP contribution in [0.1, 0.15) is 18.4 Å². The molecular formula is C22H27FN2O5S. The van der Waals surface area contributed by atoms with Gasteiger partial charge in [0.15, 0.2) is 0 Å². The molecule has 0 bridgehead atoms. The molecule has 0 unspecified atom stereocenters. The fourth-order valence-electron chi connectivity index (χ4n) is 3.63. The minimum atomic E-state index is -3.99. The Morgan fingerprint density at radius 2 is 1.90 bits per heavy atom. The van der Waals surface area contributed by atoms with Crippen molar-refractivity contribution in [3.8, 4) is 11.5 Å². The maximum atomic E-state index is 13.7. The van der Waals surface area contributed by atoms with Crippen molar-refractivity contribution in [3.63, 3.8) is 0 Å². The van der Waals surface area contributed by atoms with Crippen molar-refractivity contribution in [2.75, 3.05) is 33.9 Å². The summed E-state index contributed by atoms with van der Waals surface area (Å²) in [4.78, 5) is 12.4. The number of hydrogen-bond acceptors (Lipinski definition) is 5. The summed E-state index contributed by atoms with van der Waals surface area (Å²) in [6.45, 7) is 0.778. The van der Waals surface area contributed by atoms with Gasteiger partial charge in [0.2, 0.25) is 15.9 Å². The normalized spacial score (nSPS) is 17.2. The Balaban J connectivity index is 1.61. The van der Waals surface area contributed by atoms with Crippen molar-refractivity contribution in [1.29, 1.82) is 0 Å². The SMILES string of the molecule is COc1ccc(CCNC(=O)[C@H]2CCCN(S(=O)(=O)c3cc(F)ccc3OC)C2)cc1. The van der Waals surface area contributed by atoms with Crippen LogP contribution in [0.3, 0.4) is 0 Å². The molecule has 0 radical (unpaired) electrons. The van der Waals surface area contributed by atoms with Crippen molar-refractivity contribution in [2.45, 2.75) is 24.2 Å². The first-order valence-electron chi connectivity index (χ1n) is 10.1. The zero-order valence-corrected chi connectivity index (χ0v) is 18.5. The van der Waals surface area contributed by atoms with Crippen LogP contribution in [0.5, 0.6) is 11.5 Å². The molecule has 2 aromatic carbocycles. The summed E-state index contributed by atoms with van der Waals surface area (Å²) in [5, 5.41) is 2.90. The van der Waals surface area contributed by atoms with Crippen molar-refractivity contribution in [3.05, 3.63) is 53.8 Å². The molecule has 1 aliphatic rings. The number of nitrogens with zero attached hydrogens (tertiary/aromatic N) is 1. The van der Waals surface area contributed by atoms with Crippen LogP contribution in [0, 0.1) is 11.7 Å². The van der Waals surface area contributed by atoms with E-state index < -0.39 is 21.8 Å². The van der Waals surface area contributed by atoms with Gasteiger partial charge in [0.05, 0.1) is 20.1 Å². The Labute approximate surface area is 182 Å². The number of ether oxygens (including phenoxy) is 2. The molecule has 1 amide bonds. The number of amides is 1. The van der Waals surface area contributed by atoms with Gasteiger partial charge in [0.1, 0.15) is 22.2 Å². The lowest BCUT2D eigenvalue weighted by Gasteiger charge is -2.31. The topological polar surface area (TPSA) is 84.9 Å². The van der Waals surface area contributed by atoms with Crippen molar-refractivity contribution in [2.24, 2.45) is 5.92 Å². The highest BCUT2D eigenvalue weighted by molar-refractivity contribution is 7.89. The van der Waals surface area contributed by atoms with Gasteiger partial charge in [-0.1, -0.05) is 12.1 Å². The van der Waals surface area contributed by atoms with Crippen LogP contribution in [0.2, 0.25) is 0 Å². The summed E-state index contributed by atoms with van der Waals surface area (Å²) in [7, 11) is -1.05. The van der Waals surface area contributed by atoms with Crippen LogP contribution in [-0.4, -0.2) is 52.5 Å². The number of hydrogen-bond donors (Lipinski definition) is 1. The molecule has 168 valence electrons. The molecule has 1 N–H and O–H groups in total. The van der Waals surface area contributed by atoms with Gasteiger partial charge in [-0.15, -0.1) is 0 Å². The second-order valence-electron chi connectivity index (χ2n) is 7.39. The van der Waals surface area contributed by atoms with Gasteiger partial charge >= 0.3 is 0 Å². The Bertz CT molecular complexity index is 1010. The van der Waals surface area contributed by atoms with Crippen molar-refractivity contribution in [1.82, 2.24) is 9.62 Å². The summed E-state index contributed by atoms with van der Waals surface area (Å²) in [6.07, 6.45) is 1.80. The fraction of sp³-hybridized carbons (Fsp3) is 0.409. The standard InChI is InChI=1S/C22H27FN2O5S/c1-29-19-8-5-16(6-9-19)11-12-24-22(26)17-4-3-13-25(15-17)31(27,28)21-14-18(23)7-10-20(21)30-2/h5-10,14,17H,3-4,11-13,15H2,1-2H3,(H,24,26)/t17-/m0/s1. The smallest absolute Gasteiger partial charge is 0.246 e. The van der Waals surface area contributed by atoms with Crippen LogP contribution in [0.15, 0.2) is 47.4 Å². The predicted molar refractivity (Wildman–Crippen MR) is 114 cm³/mol. The third kappa shape index (κ3) is 5.54. The number of carbonyl (C=O) groups is 1. The van der Waals surface area contributed by atoms with Crippen molar-refractivity contribution < 1.29 is 27.1 Å². The zero-order valence-electron chi connectivity index (χ0n) is 17.6. The summed E-state index contributed by atoms with van der Waals surface area (Å²) < 4.78 is 51.3. The maximum absolute atomic E-state index is 13.7. The van der Waals surface area contributed by atoms with Crippen LogP contribution in [0.25, 0.3) is 0 Å². The highest BCUT2D eigenvalue weighted by atomic mass is 32.2. The van der Waals surface area contributed by atoms with E-state index in [0.29, 0.717) is 25.8 Å². The van der Waals surface area contributed by atoms with E-state index in [1.54, 1.807) is 7.11 Å². The molecule has 1 saturated heterocycles. The lowest BCUT2D eigenvalue weighted by molar-refractivity contribution is -0.126. The molecule has 9 heteroatoms. The molecule has 0 aliphatic carbocycles. The van der Waals surface area contributed by atoms with E-state index in [0.717, 1.165) is 23.4 Å². The molecule has 1 heterocycles. The van der Waals surface area contributed by atoms with Gasteiger partial charge in [0, 0.05) is 19.6 Å². The van der Waals surface area contributed by atoms with Gasteiger partial charge < -0.3 is 14.8 Å².